The zero-order valence-electron chi connectivity index (χ0n) is 33.8. The number of rotatable bonds is 5. The normalized spacial score (nSPS) is 12.3. The molecule has 0 spiro atoms. The van der Waals surface area contributed by atoms with Gasteiger partial charge in [0.2, 0.25) is 5.71 Å². The predicted molar refractivity (Wildman–Crippen MR) is 214 cm³/mol. The zero-order chi connectivity index (χ0) is 38.9. The molecule has 267 valence electrons. The van der Waals surface area contributed by atoms with Gasteiger partial charge in [0.1, 0.15) is 0 Å². The van der Waals surface area contributed by atoms with E-state index in [0.29, 0.717) is 11.3 Å². The maximum Gasteiger partial charge on any atom is 0.216 e. The van der Waals surface area contributed by atoms with Crippen LogP contribution in [0, 0.1) is 39.8 Å². The number of pyridine rings is 3. The number of hydrogen-bond acceptors (Lipinski definition) is 4. The molecule has 4 nitrogen and oxygen atoms in total. The van der Waals surface area contributed by atoms with Crippen LogP contribution in [0.4, 0.5) is 0 Å². The van der Waals surface area contributed by atoms with Crippen molar-refractivity contribution in [3.8, 4) is 33.6 Å². The third-order valence-electron chi connectivity index (χ3n) is 9.50. The first-order valence-corrected chi connectivity index (χ1v) is 17.5. The van der Waals surface area contributed by atoms with E-state index in [1.165, 1.54) is 45.0 Å². The second-order valence-electron chi connectivity index (χ2n) is 14.4. The van der Waals surface area contributed by atoms with Gasteiger partial charge in [-0.2, -0.15) is 0 Å². The number of hydrogen-bond donors (Lipinski definition) is 0. The summed E-state index contributed by atoms with van der Waals surface area (Å²) in [5.74, 6) is 0. The largest absolute Gasteiger partial charge is 0.486 e. The summed E-state index contributed by atoms with van der Waals surface area (Å²) >= 11 is 0. The second kappa shape index (κ2) is 15.8. The molecule has 8 aromatic rings. The van der Waals surface area contributed by atoms with E-state index < -0.39 is 6.85 Å². The average Bonchev–Trinajstić information content (AvgIpc) is 3.55. The molecule has 53 heavy (non-hydrogen) atoms. The number of fused-ring (bicyclic) bond motifs is 3. The number of benzene rings is 4. The fourth-order valence-corrected chi connectivity index (χ4v) is 6.30. The molecule has 0 saturated heterocycles. The molecule has 0 atom stereocenters. The number of aromatic nitrogens is 3. The summed E-state index contributed by atoms with van der Waals surface area (Å²) in [5, 5.41) is 1.63. The predicted octanol–water partition coefficient (Wildman–Crippen LogP) is 12.2. The van der Waals surface area contributed by atoms with E-state index >= 15 is 0 Å². The van der Waals surface area contributed by atoms with Crippen molar-refractivity contribution in [1.29, 1.82) is 0 Å². The molecule has 4 heterocycles. The van der Waals surface area contributed by atoms with E-state index in [4.69, 9.17) is 8.53 Å². The summed E-state index contributed by atoms with van der Waals surface area (Å²) in [6.45, 7) is 10.7. The van der Waals surface area contributed by atoms with E-state index in [2.05, 4.69) is 141 Å². The maximum absolute atomic E-state index is 7.63. The molecule has 1 radical (unpaired) electrons. The standard InChI is InChI=1S/C28H25N2O.C20H18N.Ir/c1-18-8-13-23-22-6-5-7-24(26(22)31-27(23)30-18)25-17-20(14-15-29-25)16-19-9-11-21(12-10-19)28(2,3)4;1-14-9-10-18(20-11-15(2)16(3)13-21-20)12-19(14)17-7-5-4-6-8-17;/h5-6,8-15,17H,16H2,1-4H3;4-9,11-13H,1-3H3;/q2*-1;/i1D3;;. The molecule has 0 bridgehead atoms. The van der Waals surface area contributed by atoms with Crippen molar-refractivity contribution >= 4 is 22.1 Å². The Morgan fingerprint density at radius 3 is 2.26 bits per heavy atom. The summed E-state index contributed by atoms with van der Waals surface area (Å²) in [4.78, 5) is 13.4. The fraction of sp³-hybridized carbons (Fsp3) is 0.188. The molecular formula is C48H43IrN3O-2. The average molecular weight is 873 g/mol. The van der Waals surface area contributed by atoms with Crippen molar-refractivity contribution in [3.63, 3.8) is 0 Å². The van der Waals surface area contributed by atoms with Crippen LogP contribution in [-0.4, -0.2) is 15.0 Å². The molecule has 0 amide bonds. The Morgan fingerprint density at radius 1 is 0.736 bits per heavy atom. The Balaban J connectivity index is 0.000000208. The Morgan fingerprint density at radius 2 is 1.53 bits per heavy atom. The van der Waals surface area contributed by atoms with Crippen LogP contribution in [0.2, 0.25) is 0 Å². The van der Waals surface area contributed by atoms with Crippen LogP contribution in [0.5, 0.6) is 0 Å². The van der Waals surface area contributed by atoms with E-state index in [0.717, 1.165) is 45.3 Å². The van der Waals surface area contributed by atoms with E-state index in [1.54, 1.807) is 12.3 Å². The number of furan rings is 1. The monoisotopic (exact) mass is 873 g/mol. The summed E-state index contributed by atoms with van der Waals surface area (Å²) in [5.41, 5.74) is 14.4. The van der Waals surface area contributed by atoms with Gasteiger partial charge in [-0.1, -0.05) is 117 Å². The maximum atomic E-state index is 7.63. The van der Waals surface area contributed by atoms with Gasteiger partial charge >= 0.3 is 0 Å². The first-order chi connectivity index (χ1) is 26.2. The molecular weight excluding hydrogens is 827 g/mol. The van der Waals surface area contributed by atoms with Gasteiger partial charge in [-0.05, 0) is 89.9 Å². The first kappa shape index (κ1) is 33.6. The molecule has 5 heteroatoms. The van der Waals surface area contributed by atoms with Gasteiger partial charge in [0.25, 0.3) is 0 Å². The second-order valence-corrected chi connectivity index (χ2v) is 14.4. The molecule has 0 N–H and O–H groups in total. The summed E-state index contributed by atoms with van der Waals surface area (Å²) in [6, 6.07) is 43.3. The third kappa shape index (κ3) is 8.38. The van der Waals surface area contributed by atoms with Crippen LogP contribution in [0.3, 0.4) is 0 Å². The summed E-state index contributed by atoms with van der Waals surface area (Å²) in [7, 11) is 0. The van der Waals surface area contributed by atoms with Crippen LogP contribution in [0.15, 0.2) is 126 Å². The SMILES string of the molecule is Cc1cnc(-c2[c-]cc(C)c(-c3ccccc3)c2)cc1C.[2H]C([2H])([2H])c1ccc2c(n1)oc1c(-c3cc(Cc4ccc(C(C)(C)C)cc4)ccn3)[c-]ccc12.[Ir]. The Hall–Kier alpha value is -5.22. The summed E-state index contributed by atoms with van der Waals surface area (Å²) < 4.78 is 28.9. The van der Waals surface area contributed by atoms with Crippen molar-refractivity contribution in [1.82, 2.24) is 15.0 Å². The minimum absolute atomic E-state index is 0. The van der Waals surface area contributed by atoms with E-state index in [9.17, 15) is 0 Å². The van der Waals surface area contributed by atoms with Crippen molar-refractivity contribution < 1.29 is 28.6 Å². The smallest absolute Gasteiger partial charge is 0.216 e. The number of aryl methyl sites for hydroxylation is 4. The van der Waals surface area contributed by atoms with Crippen molar-refractivity contribution in [2.45, 2.75) is 60.2 Å². The van der Waals surface area contributed by atoms with Crippen molar-refractivity contribution in [2.75, 3.05) is 0 Å². The quantitative estimate of drug-likeness (QED) is 0.162. The fourth-order valence-electron chi connectivity index (χ4n) is 6.30. The molecule has 0 aliphatic heterocycles. The van der Waals surface area contributed by atoms with E-state index in [1.807, 2.05) is 30.5 Å². The van der Waals surface area contributed by atoms with Crippen LogP contribution in [0.25, 0.3) is 55.7 Å². The van der Waals surface area contributed by atoms with Gasteiger partial charge in [-0.15, -0.1) is 47.5 Å². The third-order valence-corrected chi connectivity index (χ3v) is 9.50. The van der Waals surface area contributed by atoms with Gasteiger partial charge in [0, 0.05) is 47.7 Å². The molecule has 8 rings (SSSR count). The van der Waals surface area contributed by atoms with Crippen LogP contribution >= 0.6 is 0 Å². The van der Waals surface area contributed by atoms with Crippen LogP contribution in [0.1, 0.15) is 64.0 Å². The molecule has 4 aromatic carbocycles. The van der Waals surface area contributed by atoms with Crippen molar-refractivity contribution in [2.24, 2.45) is 0 Å². The van der Waals surface area contributed by atoms with Crippen molar-refractivity contribution in [3.05, 3.63) is 173 Å². The Bertz CT molecular complexity index is 2630. The molecule has 4 aromatic heterocycles. The van der Waals surface area contributed by atoms with E-state index in [-0.39, 0.29) is 31.2 Å². The van der Waals surface area contributed by atoms with Gasteiger partial charge in [-0.25, -0.2) is 4.98 Å². The minimum Gasteiger partial charge on any atom is -0.486 e. The minimum atomic E-state index is -2.29. The Labute approximate surface area is 331 Å². The van der Waals surface area contributed by atoms with Gasteiger partial charge < -0.3 is 14.4 Å². The zero-order valence-corrected chi connectivity index (χ0v) is 33.2. The summed E-state index contributed by atoms with van der Waals surface area (Å²) in [6.07, 6.45) is 4.52. The Kier molecular flexibility index (Phi) is 10.0. The van der Waals surface area contributed by atoms with Gasteiger partial charge in [0.15, 0.2) is 0 Å². The van der Waals surface area contributed by atoms with Crippen LogP contribution < -0.4 is 0 Å². The molecule has 0 aliphatic rings. The van der Waals surface area contributed by atoms with Crippen LogP contribution in [-0.2, 0) is 31.9 Å². The first-order valence-electron chi connectivity index (χ1n) is 19.0. The number of nitrogens with zero attached hydrogens (tertiary/aromatic N) is 3. The molecule has 0 unspecified atom stereocenters. The molecule has 0 aliphatic carbocycles. The molecule has 0 saturated carbocycles. The topological polar surface area (TPSA) is 51.8 Å². The van der Waals surface area contributed by atoms with Gasteiger partial charge in [-0.3, -0.25) is 0 Å². The molecule has 0 fully saturated rings. The van der Waals surface area contributed by atoms with Gasteiger partial charge in [0.05, 0.1) is 5.58 Å².